The van der Waals surface area contributed by atoms with Crippen molar-refractivity contribution in [3.05, 3.63) is 71.7 Å². The molecule has 2 heterocycles. The number of aromatic nitrogens is 2. The van der Waals surface area contributed by atoms with Crippen LogP contribution in [-0.2, 0) is 11.3 Å². The molecule has 3 rings (SSSR count). The van der Waals surface area contributed by atoms with Gasteiger partial charge in [0.25, 0.3) is 0 Å². The molecule has 5 nitrogen and oxygen atoms in total. The van der Waals surface area contributed by atoms with Gasteiger partial charge in [-0.05, 0) is 24.6 Å². The minimum atomic E-state index is -0.792. The third-order valence-electron chi connectivity index (χ3n) is 3.78. The van der Waals surface area contributed by atoms with Crippen molar-refractivity contribution >= 4 is 11.6 Å². The fourth-order valence-electron chi connectivity index (χ4n) is 2.51. The summed E-state index contributed by atoms with van der Waals surface area (Å²) in [5.41, 5.74) is 3.48. The van der Waals surface area contributed by atoms with Crippen LogP contribution in [0.2, 0.25) is 0 Å². The van der Waals surface area contributed by atoms with E-state index < -0.39 is 6.10 Å². The lowest BCUT2D eigenvalue weighted by atomic mass is 10.1. The van der Waals surface area contributed by atoms with Crippen LogP contribution >= 0.6 is 0 Å². The molecule has 0 radical (unpaired) electrons. The normalized spacial score (nSPS) is 12.3. The van der Waals surface area contributed by atoms with E-state index in [1.54, 1.807) is 0 Å². The first-order chi connectivity index (χ1) is 11.1. The summed E-state index contributed by atoms with van der Waals surface area (Å²) >= 11 is 0. The lowest BCUT2D eigenvalue weighted by Crippen LogP contribution is -2.24. The zero-order valence-electron chi connectivity index (χ0n) is 12.9. The number of aryl methyl sites for hydroxylation is 1. The Labute approximate surface area is 134 Å². The molecule has 0 aliphatic heterocycles. The Kier molecular flexibility index (Phi) is 4.39. The predicted octanol–water partition coefficient (Wildman–Crippen LogP) is 2.38. The zero-order valence-corrected chi connectivity index (χ0v) is 12.9. The van der Waals surface area contributed by atoms with Crippen LogP contribution < -0.4 is 5.32 Å². The van der Waals surface area contributed by atoms with Gasteiger partial charge in [0.05, 0.1) is 24.8 Å². The van der Waals surface area contributed by atoms with Crippen molar-refractivity contribution < 1.29 is 9.90 Å². The highest BCUT2D eigenvalue weighted by Crippen LogP contribution is 2.15. The van der Waals surface area contributed by atoms with Gasteiger partial charge in [-0.3, -0.25) is 4.79 Å². The van der Waals surface area contributed by atoms with Gasteiger partial charge in [0, 0.05) is 11.9 Å². The summed E-state index contributed by atoms with van der Waals surface area (Å²) in [7, 11) is 0. The lowest BCUT2D eigenvalue weighted by molar-refractivity contribution is -0.123. The van der Waals surface area contributed by atoms with Crippen molar-refractivity contribution in [1.29, 1.82) is 0 Å². The lowest BCUT2D eigenvalue weighted by Gasteiger charge is -2.10. The van der Waals surface area contributed by atoms with Crippen LogP contribution in [0.15, 0.2) is 54.7 Å². The molecule has 0 bridgehead atoms. The minimum absolute atomic E-state index is 0.0381. The van der Waals surface area contributed by atoms with Crippen LogP contribution in [0.4, 0.5) is 0 Å². The highest BCUT2D eigenvalue weighted by Gasteiger charge is 2.13. The van der Waals surface area contributed by atoms with Crippen LogP contribution in [0, 0.1) is 6.92 Å². The van der Waals surface area contributed by atoms with E-state index in [1.165, 1.54) is 0 Å². The molecule has 3 aromatic rings. The Morgan fingerprint density at radius 3 is 2.74 bits per heavy atom. The largest absolute Gasteiger partial charge is 0.388 e. The van der Waals surface area contributed by atoms with E-state index in [0.717, 1.165) is 22.6 Å². The van der Waals surface area contributed by atoms with E-state index in [9.17, 15) is 9.90 Å². The third kappa shape index (κ3) is 3.57. The van der Waals surface area contributed by atoms with Gasteiger partial charge in [-0.2, -0.15) is 0 Å². The topological polar surface area (TPSA) is 66.6 Å². The second-order valence-electron chi connectivity index (χ2n) is 5.53. The number of aliphatic hydroxyl groups is 1. The molecule has 2 N–H and O–H groups in total. The average molecular weight is 309 g/mol. The minimum Gasteiger partial charge on any atom is -0.388 e. The molecule has 118 valence electrons. The quantitative estimate of drug-likeness (QED) is 0.760. The van der Waals surface area contributed by atoms with E-state index in [1.807, 2.05) is 66.1 Å². The number of carbonyl (C=O) groups excluding carboxylic acids is 1. The van der Waals surface area contributed by atoms with Crippen molar-refractivity contribution in [2.75, 3.05) is 0 Å². The van der Waals surface area contributed by atoms with E-state index in [0.29, 0.717) is 6.54 Å². The molecule has 23 heavy (non-hydrogen) atoms. The number of imidazole rings is 1. The van der Waals surface area contributed by atoms with Gasteiger partial charge in [-0.25, -0.2) is 4.98 Å². The first-order valence-electron chi connectivity index (χ1n) is 7.57. The molecule has 0 saturated carbocycles. The van der Waals surface area contributed by atoms with Crippen molar-refractivity contribution in [2.45, 2.75) is 26.0 Å². The molecule has 2 aromatic heterocycles. The monoisotopic (exact) mass is 309 g/mol. The number of amides is 1. The molecule has 0 saturated heterocycles. The summed E-state index contributed by atoms with van der Waals surface area (Å²) in [4.78, 5) is 16.4. The molecule has 1 atom stereocenters. The Morgan fingerprint density at radius 2 is 2.00 bits per heavy atom. The summed E-state index contributed by atoms with van der Waals surface area (Å²) in [5, 5.41) is 12.9. The molecule has 5 heteroatoms. The van der Waals surface area contributed by atoms with Gasteiger partial charge in [0.2, 0.25) is 5.91 Å². The first-order valence-corrected chi connectivity index (χ1v) is 7.57. The Balaban J connectivity index is 1.59. The number of carbonyl (C=O) groups is 1. The SMILES string of the molecule is Cc1cccc2nc(CNC(=O)CC(O)c3ccccc3)cn12. The van der Waals surface area contributed by atoms with Crippen LogP contribution in [0.25, 0.3) is 5.65 Å². The molecule has 0 aliphatic carbocycles. The number of rotatable bonds is 5. The molecular weight excluding hydrogens is 290 g/mol. The maximum Gasteiger partial charge on any atom is 0.223 e. The number of pyridine rings is 1. The molecule has 0 fully saturated rings. The second-order valence-corrected chi connectivity index (χ2v) is 5.53. The predicted molar refractivity (Wildman–Crippen MR) is 87.8 cm³/mol. The molecule has 1 unspecified atom stereocenters. The zero-order chi connectivity index (χ0) is 16.2. The molecule has 0 aliphatic rings. The van der Waals surface area contributed by atoms with Gasteiger partial charge in [-0.15, -0.1) is 0 Å². The summed E-state index contributed by atoms with van der Waals surface area (Å²) in [6.07, 6.45) is 1.16. The Hall–Kier alpha value is -2.66. The highest BCUT2D eigenvalue weighted by atomic mass is 16.3. The highest BCUT2D eigenvalue weighted by molar-refractivity contribution is 5.76. The number of hydrogen-bond acceptors (Lipinski definition) is 3. The van der Waals surface area contributed by atoms with Crippen molar-refractivity contribution in [3.63, 3.8) is 0 Å². The number of nitrogens with zero attached hydrogens (tertiary/aromatic N) is 2. The molecule has 0 spiro atoms. The number of nitrogens with one attached hydrogen (secondary N) is 1. The summed E-state index contributed by atoms with van der Waals surface area (Å²) in [6, 6.07) is 15.1. The molecule has 1 amide bonds. The fraction of sp³-hybridized carbons (Fsp3) is 0.222. The fourth-order valence-corrected chi connectivity index (χ4v) is 2.51. The summed E-state index contributed by atoms with van der Waals surface area (Å²) < 4.78 is 1.99. The Morgan fingerprint density at radius 1 is 1.22 bits per heavy atom. The van der Waals surface area contributed by atoms with Crippen LogP contribution in [0.5, 0.6) is 0 Å². The average Bonchev–Trinajstić information content (AvgIpc) is 2.98. The van der Waals surface area contributed by atoms with Crippen molar-refractivity contribution in [2.24, 2.45) is 0 Å². The van der Waals surface area contributed by atoms with Crippen molar-refractivity contribution in [1.82, 2.24) is 14.7 Å². The maximum absolute atomic E-state index is 12.0. The number of hydrogen-bond donors (Lipinski definition) is 2. The van der Waals surface area contributed by atoms with Gasteiger partial charge >= 0.3 is 0 Å². The summed E-state index contributed by atoms with van der Waals surface area (Å²) in [5.74, 6) is -0.199. The van der Waals surface area contributed by atoms with Gasteiger partial charge < -0.3 is 14.8 Å². The Bertz CT molecular complexity index is 812. The van der Waals surface area contributed by atoms with E-state index in [4.69, 9.17) is 0 Å². The van der Waals surface area contributed by atoms with Crippen LogP contribution in [-0.4, -0.2) is 20.4 Å². The summed E-state index contributed by atoms with van der Waals surface area (Å²) in [6.45, 7) is 2.36. The van der Waals surface area contributed by atoms with Crippen LogP contribution in [0.3, 0.4) is 0 Å². The van der Waals surface area contributed by atoms with E-state index in [2.05, 4.69) is 10.3 Å². The number of fused-ring (bicyclic) bond motifs is 1. The smallest absolute Gasteiger partial charge is 0.223 e. The van der Waals surface area contributed by atoms with E-state index in [-0.39, 0.29) is 12.3 Å². The standard InChI is InChI=1S/C18H19N3O2/c1-13-6-5-9-17-20-15(12-21(13)17)11-19-18(23)10-16(22)14-7-3-2-4-8-14/h2-9,12,16,22H,10-11H2,1H3,(H,19,23). The van der Waals surface area contributed by atoms with Gasteiger partial charge in [0.15, 0.2) is 0 Å². The maximum atomic E-state index is 12.0. The van der Waals surface area contributed by atoms with Crippen LogP contribution in [0.1, 0.15) is 29.5 Å². The molecular formula is C18H19N3O2. The van der Waals surface area contributed by atoms with Crippen molar-refractivity contribution in [3.8, 4) is 0 Å². The first kappa shape index (κ1) is 15.2. The second kappa shape index (κ2) is 6.62. The van der Waals surface area contributed by atoms with E-state index >= 15 is 0 Å². The number of benzene rings is 1. The molecule has 1 aromatic carbocycles. The van der Waals surface area contributed by atoms with Gasteiger partial charge in [0.1, 0.15) is 5.65 Å². The van der Waals surface area contributed by atoms with Gasteiger partial charge in [-0.1, -0.05) is 36.4 Å². The third-order valence-corrected chi connectivity index (χ3v) is 3.78. The number of aliphatic hydroxyl groups excluding tert-OH is 1.